The highest BCUT2D eigenvalue weighted by molar-refractivity contribution is 6.08. The van der Waals surface area contributed by atoms with Crippen LogP contribution in [0.5, 0.6) is 0 Å². The molecule has 0 bridgehead atoms. The van der Waals surface area contributed by atoms with Crippen molar-refractivity contribution >= 4 is 27.6 Å². The number of H-pyrrole nitrogens is 1. The highest BCUT2D eigenvalue weighted by Gasteiger charge is 2.19. The molecule has 22 heavy (non-hydrogen) atoms. The zero-order valence-corrected chi connectivity index (χ0v) is 12.9. The quantitative estimate of drug-likeness (QED) is 0.761. The van der Waals surface area contributed by atoms with Gasteiger partial charge in [0.1, 0.15) is 0 Å². The van der Waals surface area contributed by atoms with Gasteiger partial charge in [0.25, 0.3) is 0 Å². The number of pyridine rings is 1. The summed E-state index contributed by atoms with van der Waals surface area (Å²) in [5.41, 5.74) is 5.20. The molecule has 1 fully saturated rings. The van der Waals surface area contributed by atoms with Crippen molar-refractivity contribution in [3.8, 4) is 0 Å². The number of ether oxygens (including phenoxy) is 1. The van der Waals surface area contributed by atoms with E-state index in [-0.39, 0.29) is 0 Å². The molecule has 1 aliphatic rings. The highest BCUT2D eigenvalue weighted by atomic mass is 16.5. The minimum absolute atomic E-state index is 0.442. The second-order valence-corrected chi connectivity index (χ2v) is 6.04. The Bertz CT molecular complexity index is 833. The summed E-state index contributed by atoms with van der Waals surface area (Å²) in [6, 6.07) is 6.77. The molecule has 4 rings (SSSR count). The van der Waals surface area contributed by atoms with Crippen molar-refractivity contribution in [2.45, 2.75) is 32.7 Å². The Morgan fingerprint density at radius 3 is 2.86 bits per heavy atom. The first-order chi connectivity index (χ1) is 10.7. The number of anilines is 1. The van der Waals surface area contributed by atoms with Gasteiger partial charge in [-0.2, -0.15) is 5.10 Å². The Hall–Kier alpha value is -2.14. The first-order valence-electron chi connectivity index (χ1n) is 7.82. The van der Waals surface area contributed by atoms with Crippen molar-refractivity contribution in [1.82, 2.24) is 15.2 Å². The SMILES string of the molecule is Cc1cccc2c(NC3CCOCC3)c3c(C)[nH]nc3nc12. The van der Waals surface area contributed by atoms with E-state index in [1.807, 2.05) is 6.92 Å². The lowest BCUT2D eigenvalue weighted by Gasteiger charge is -2.25. The Balaban J connectivity index is 1.94. The molecule has 0 atom stereocenters. The summed E-state index contributed by atoms with van der Waals surface area (Å²) < 4.78 is 5.47. The molecular formula is C17H20N4O. The van der Waals surface area contributed by atoms with Crippen molar-refractivity contribution < 1.29 is 4.74 Å². The molecule has 1 saturated heterocycles. The van der Waals surface area contributed by atoms with E-state index in [1.54, 1.807) is 0 Å². The summed E-state index contributed by atoms with van der Waals surface area (Å²) in [7, 11) is 0. The smallest absolute Gasteiger partial charge is 0.183 e. The third-order valence-corrected chi connectivity index (χ3v) is 4.47. The van der Waals surface area contributed by atoms with Gasteiger partial charge in [0.2, 0.25) is 0 Å². The fourth-order valence-corrected chi connectivity index (χ4v) is 3.24. The van der Waals surface area contributed by atoms with E-state index >= 15 is 0 Å². The molecular weight excluding hydrogens is 276 g/mol. The zero-order chi connectivity index (χ0) is 15.1. The van der Waals surface area contributed by atoms with E-state index in [0.717, 1.165) is 54.0 Å². The minimum atomic E-state index is 0.442. The van der Waals surface area contributed by atoms with E-state index < -0.39 is 0 Å². The lowest BCUT2D eigenvalue weighted by atomic mass is 10.0. The molecule has 2 aromatic heterocycles. The van der Waals surface area contributed by atoms with Crippen LogP contribution >= 0.6 is 0 Å². The van der Waals surface area contributed by atoms with Gasteiger partial charge in [0.05, 0.1) is 16.6 Å². The van der Waals surface area contributed by atoms with Gasteiger partial charge in [-0.15, -0.1) is 0 Å². The number of nitrogens with zero attached hydrogens (tertiary/aromatic N) is 2. The Morgan fingerprint density at radius 1 is 1.23 bits per heavy atom. The molecule has 0 radical (unpaired) electrons. The number of nitrogens with one attached hydrogen (secondary N) is 2. The number of aromatic nitrogens is 3. The topological polar surface area (TPSA) is 62.8 Å². The van der Waals surface area contributed by atoms with Crippen LogP contribution in [0.3, 0.4) is 0 Å². The van der Waals surface area contributed by atoms with Crippen LogP contribution in [-0.4, -0.2) is 34.4 Å². The van der Waals surface area contributed by atoms with Crippen LogP contribution in [0.4, 0.5) is 5.69 Å². The van der Waals surface area contributed by atoms with Crippen molar-refractivity contribution in [2.24, 2.45) is 0 Å². The number of benzene rings is 1. The fourth-order valence-electron chi connectivity index (χ4n) is 3.24. The lowest BCUT2D eigenvalue weighted by Crippen LogP contribution is -2.28. The molecule has 3 aromatic rings. The normalized spacial score (nSPS) is 16.5. The van der Waals surface area contributed by atoms with Crippen molar-refractivity contribution in [3.63, 3.8) is 0 Å². The van der Waals surface area contributed by atoms with Gasteiger partial charge in [0, 0.05) is 30.3 Å². The second-order valence-electron chi connectivity index (χ2n) is 6.04. The Labute approximate surface area is 129 Å². The zero-order valence-electron chi connectivity index (χ0n) is 12.9. The summed E-state index contributed by atoms with van der Waals surface area (Å²) in [6.07, 6.45) is 2.07. The van der Waals surface area contributed by atoms with E-state index in [1.165, 1.54) is 10.9 Å². The summed E-state index contributed by atoms with van der Waals surface area (Å²) in [4.78, 5) is 4.74. The maximum Gasteiger partial charge on any atom is 0.183 e. The maximum absolute atomic E-state index is 5.47. The summed E-state index contributed by atoms with van der Waals surface area (Å²) in [6.45, 7) is 5.80. The van der Waals surface area contributed by atoms with Crippen LogP contribution in [-0.2, 0) is 4.74 Å². The largest absolute Gasteiger partial charge is 0.381 e. The van der Waals surface area contributed by atoms with Gasteiger partial charge < -0.3 is 10.1 Å². The molecule has 0 unspecified atom stereocenters. The van der Waals surface area contributed by atoms with Gasteiger partial charge in [-0.05, 0) is 32.3 Å². The summed E-state index contributed by atoms with van der Waals surface area (Å²) in [5.74, 6) is 0. The minimum Gasteiger partial charge on any atom is -0.381 e. The molecule has 1 aromatic carbocycles. The van der Waals surface area contributed by atoms with Gasteiger partial charge in [-0.1, -0.05) is 18.2 Å². The Morgan fingerprint density at radius 2 is 2.05 bits per heavy atom. The maximum atomic E-state index is 5.47. The number of aromatic amines is 1. The highest BCUT2D eigenvalue weighted by Crippen LogP contribution is 2.34. The first kappa shape index (κ1) is 13.5. The van der Waals surface area contributed by atoms with Crippen LogP contribution < -0.4 is 5.32 Å². The molecule has 2 N–H and O–H groups in total. The number of rotatable bonds is 2. The molecule has 0 spiro atoms. The predicted molar refractivity (Wildman–Crippen MR) is 88.3 cm³/mol. The summed E-state index contributed by atoms with van der Waals surface area (Å²) in [5, 5.41) is 13.4. The molecule has 5 nitrogen and oxygen atoms in total. The van der Waals surface area contributed by atoms with Crippen molar-refractivity contribution in [2.75, 3.05) is 18.5 Å². The molecule has 0 saturated carbocycles. The molecule has 5 heteroatoms. The van der Waals surface area contributed by atoms with Crippen LogP contribution in [0.15, 0.2) is 18.2 Å². The number of para-hydroxylation sites is 1. The third kappa shape index (κ3) is 2.13. The van der Waals surface area contributed by atoms with E-state index in [2.05, 4.69) is 40.6 Å². The van der Waals surface area contributed by atoms with Crippen LogP contribution in [0.25, 0.3) is 21.9 Å². The van der Waals surface area contributed by atoms with Gasteiger partial charge in [-0.3, -0.25) is 5.10 Å². The average Bonchev–Trinajstić information content (AvgIpc) is 2.90. The van der Waals surface area contributed by atoms with E-state index in [9.17, 15) is 0 Å². The molecule has 1 aliphatic heterocycles. The van der Waals surface area contributed by atoms with Crippen LogP contribution in [0.2, 0.25) is 0 Å². The van der Waals surface area contributed by atoms with E-state index in [0.29, 0.717) is 6.04 Å². The standard InChI is InChI=1S/C17H20N4O/c1-10-4-3-5-13-15(10)19-17-14(11(2)20-21-17)16(13)18-12-6-8-22-9-7-12/h3-5,12H,6-9H2,1-2H3,(H2,18,19,20,21). The number of aryl methyl sites for hydroxylation is 2. The van der Waals surface area contributed by atoms with E-state index in [4.69, 9.17) is 9.72 Å². The average molecular weight is 296 g/mol. The van der Waals surface area contributed by atoms with Gasteiger partial charge in [0.15, 0.2) is 5.65 Å². The van der Waals surface area contributed by atoms with Crippen molar-refractivity contribution in [3.05, 3.63) is 29.5 Å². The molecule has 114 valence electrons. The fraction of sp³-hybridized carbons (Fsp3) is 0.412. The van der Waals surface area contributed by atoms with Gasteiger partial charge >= 0.3 is 0 Å². The predicted octanol–water partition coefficient (Wildman–Crippen LogP) is 3.32. The summed E-state index contributed by atoms with van der Waals surface area (Å²) >= 11 is 0. The van der Waals surface area contributed by atoms with Gasteiger partial charge in [-0.25, -0.2) is 4.98 Å². The monoisotopic (exact) mass is 296 g/mol. The first-order valence-corrected chi connectivity index (χ1v) is 7.82. The van der Waals surface area contributed by atoms with Crippen LogP contribution in [0, 0.1) is 13.8 Å². The third-order valence-electron chi connectivity index (χ3n) is 4.47. The number of fused-ring (bicyclic) bond motifs is 2. The molecule has 3 heterocycles. The number of hydrogen-bond donors (Lipinski definition) is 2. The van der Waals surface area contributed by atoms with Crippen LogP contribution in [0.1, 0.15) is 24.1 Å². The lowest BCUT2D eigenvalue weighted by molar-refractivity contribution is 0.0905. The molecule has 0 aliphatic carbocycles. The second kappa shape index (κ2) is 5.25. The number of hydrogen-bond acceptors (Lipinski definition) is 4. The van der Waals surface area contributed by atoms with Crippen molar-refractivity contribution in [1.29, 1.82) is 0 Å². The Kier molecular flexibility index (Phi) is 3.22. The molecule has 0 amide bonds.